The third-order valence-corrected chi connectivity index (χ3v) is 8.34. The Morgan fingerprint density at radius 2 is 2.00 bits per heavy atom. The predicted molar refractivity (Wildman–Crippen MR) is 156 cm³/mol. The van der Waals surface area contributed by atoms with Crippen molar-refractivity contribution in [2.45, 2.75) is 90.8 Å². The smallest absolute Gasteiger partial charge is 0.309 e. The number of carboxylic acids is 1. The van der Waals surface area contributed by atoms with Crippen molar-refractivity contribution in [1.82, 2.24) is 9.91 Å². The first-order valence-corrected chi connectivity index (χ1v) is 14.3. The molecule has 7 heteroatoms. The number of ether oxygens (including phenoxy) is 1. The van der Waals surface area contributed by atoms with Crippen molar-refractivity contribution < 1.29 is 14.6 Å². The fourth-order valence-corrected chi connectivity index (χ4v) is 6.25. The number of aliphatic carboxylic acids is 1. The normalized spacial score (nSPS) is 19.9. The Labute approximate surface area is 233 Å². The molecular formula is C32H46N4O3. The lowest BCUT2D eigenvalue weighted by Crippen LogP contribution is -2.41. The van der Waals surface area contributed by atoms with Gasteiger partial charge in [0.25, 0.3) is 0 Å². The number of allylic oxidation sites excluding steroid dienone is 1. The molecule has 4 rings (SSSR count). The van der Waals surface area contributed by atoms with Crippen LogP contribution in [-0.2, 0) is 17.8 Å². The largest absolute Gasteiger partial charge is 0.486 e. The highest BCUT2D eigenvalue weighted by Crippen LogP contribution is 2.44. The number of para-hydroxylation sites is 1. The minimum Gasteiger partial charge on any atom is -0.486 e. The Balaban J connectivity index is 1.63. The van der Waals surface area contributed by atoms with Crippen LogP contribution in [0, 0.1) is 5.41 Å². The third kappa shape index (κ3) is 6.59. The van der Waals surface area contributed by atoms with Crippen molar-refractivity contribution >= 4 is 5.97 Å². The molecule has 0 radical (unpaired) electrons. The van der Waals surface area contributed by atoms with Crippen LogP contribution in [0.5, 0.6) is 5.75 Å². The van der Waals surface area contributed by atoms with Gasteiger partial charge in [-0.2, -0.15) is 0 Å². The molecule has 1 heterocycles. The molecule has 1 aliphatic heterocycles. The van der Waals surface area contributed by atoms with Gasteiger partial charge in [-0.15, -0.1) is 0 Å². The van der Waals surface area contributed by atoms with E-state index < -0.39 is 11.4 Å². The number of nitrogens with zero attached hydrogens (tertiary/aromatic N) is 2. The first-order valence-electron chi connectivity index (χ1n) is 14.3. The molecule has 0 aromatic heterocycles. The van der Waals surface area contributed by atoms with Gasteiger partial charge in [0, 0.05) is 49.1 Å². The van der Waals surface area contributed by atoms with Crippen LogP contribution in [0.2, 0.25) is 0 Å². The molecule has 0 amide bonds. The standard InChI is InChI=1S/C32H46N4O3/c1-6-9-25(33)20-36(34)17-16-27(32(4,5)30(37)38)23-13-12-22-14-15-28(26(22)18-23)35-19-24-10-7-8-11-29(24)39-31(2,3)21-35/h7-8,10-13,18,20,27-28H,6,9,14-17,19,21,33-34H2,1-5H3,(H,37,38)/b25-20-. The second kappa shape index (κ2) is 11.6. The SMILES string of the molecule is CCC/C(N)=C/N(N)CCC(c1ccc2c(c1)C(N1Cc3ccccc3OC(C)(C)C1)CC2)C(C)(C)C(=O)O. The first-order chi connectivity index (χ1) is 18.4. The molecule has 0 bridgehead atoms. The Kier molecular flexibility index (Phi) is 8.62. The van der Waals surface area contributed by atoms with Crippen LogP contribution < -0.4 is 16.3 Å². The number of hydrazine groups is 1. The van der Waals surface area contributed by atoms with Gasteiger partial charge in [-0.25, -0.2) is 5.84 Å². The van der Waals surface area contributed by atoms with Gasteiger partial charge in [0.15, 0.2) is 0 Å². The monoisotopic (exact) mass is 534 g/mol. The fraction of sp³-hybridized carbons (Fsp3) is 0.531. The van der Waals surface area contributed by atoms with E-state index in [1.807, 2.05) is 19.9 Å². The third-order valence-electron chi connectivity index (χ3n) is 8.34. The van der Waals surface area contributed by atoms with E-state index in [1.54, 1.807) is 11.2 Å². The Morgan fingerprint density at radius 3 is 2.72 bits per heavy atom. The number of hydrogen-bond donors (Lipinski definition) is 3. The Hall–Kier alpha value is -3.03. The molecule has 2 atom stereocenters. The van der Waals surface area contributed by atoms with Crippen LogP contribution in [0.15, 0.2) is 54.4 Å². The molecule has 0 spiro atoms. The minimum atomic E-state index is -0.959. The molecule has 5 N–H and O–H groups in total. The lowest BCUT2D eigenvalue weighted by atomic mass is 9.72. The first kappa shape index (κ1) is 29.0. The number of hydrogen-bond acceptors (Lipinski definition) is 6. The van der Waals surface area contributed by atoms with Crippen molar-refractivity contribution in [3.05, 3.63) is 76.6 Å². The number of benzene rings is 2. The number of nitrogens with two attached hydrogens (primary N) is 2. The zero-order chi connectivity index (χ0) is 28.4. The maximum absolute atomic E-state index is 12.4. The molecule has 2 aliphatic rings. The van der Waals surface area contributed by atoms with Gasteiger partial charge >= 0.3 is 5.97 Å². The number of rotatable bonds is 10. The molecule has 0 saturated heterocycles. The average Bonchev–Trinajstić information content (AvgIpc) is 3.21. The summed E-state index contributed by atoms with van der Waals surface area (Å²) < 4.78 is 6.42. The van der Waals surface area contributed by atoms with Crippen LogP contribution in [-0.4, -0.2) is 39.7 Å². The van der Waals surface area contributed by atoms with E-state index in [9.17, 15) is 9.90 Å². The van der Waals surface area contributed by atoms with E-state index in [2.05, 4.69) is 62.1 Å². The van der Waals surface area contributed by atoms with Crippen molar-refractivity contribution in [2.24, 2.45) is 17.0 Å². The molecule has 1 aliphatic carbocycles. The highest BCUT2D eigenvalue weighted by molar-refractivity contribution is 5.75. The number of carbonyl (C=O) groups is 1. The van der Waals surface area contributed by atoms with Gasteiger partial charge < -0.3 is 20.6 Å². The van der Waals surface area contributed by atoms with Gasteiger partial charge in [-0.3, -0.25) is 9.69 Å². The lowest BCUT2D eigenvalue weighted by Gasteiger charge is -2.35. The van der Waals surface area contributed by atoms with E-state index in [0.717, 1.165) is 55.8 Å². The lowest BCUT2D eigenvalue weighted by molar-refractivity contribution is -0.148. The van der Waals surface area contributed by atoms with E-state index >= 15 is 0 Å². The Morgan fingerprint density at radius 1 is 1.26 bits per heavy atom. The van der Waals surface area contributed by atoms with Crippen LogP contribution in [0.3, 0.4) is 0 Å². The summed E-state index contributed by atoms with van der Waals surface area (Å²) in [6, 6.07) is 15.2. The summed E-state index contributed by atoms with van der Waals surface area (Å²) >= 11 is 0. The predicted octanol–water partition coefficient (Wildman–Crippen LogP) is 5.71. The van der Waals surface area contributed by atoms with E-state index in [-0.39, 0.29) is 17.6 Å². The van der Waals surface area contributed by atoms with Crippen molar-refractivity contribution in [1.29, 1.82) is 0 Å². The quantitative estimate of drug-likeness (QED) is 0.265. The highest BCUT2D eigenvalue weighted by Gasteiger charge is 2.40. The zero-order valence-corrected chi connectivity index (χ0v) is 24.2. The number of fused-ring (bicyclic) bond motifs is 2. The topological polar surface area (TPSA) is 105 Å². The Bertz CT molecular complexity index is 1210. The van der Waals surface area contributed by atoms with Crippen LogP contribution in [0.4, 0.5) is 0 Å². The zero-order valence-electron chi connectivity index (χ0n) is 24.2. The fourth-order valence-electron chi connectivity index (χ4n) is 6.25. The van der Waals surface area contributed by atoms with E-state index in [0.29, 0.717) is 13.0 Å². The van der Waals surface area contributed by atoms with Gasteiger partial charge in [0.1, 0.15) is 11.4 Å². The highest BCUT2D eigenvalue weighted by atomic mass is 16.5. The molecule has 39 heavy (non-hydrogen) atoms. The summed E-state index contributed by atoms with van der Waals surface area (Å²) in [5.41, 5.74) is 10.5. The van der Waals surface area contributed by atoms with Gasteiger partial charge in [-0.05, 0) is 76.1 Å². The molecule has 0 fully saturated rings. The summed E-state index contributed by atoms with van der Waals surface area (Å²) in [6.45, 7) is 12.2. The van der Waals surface area contributed by atoms with Crippen molar-refractivity contribution in [2.75, 3.05) is 13.1 Å². The van der Waals surface area contributed by atoms with E-state index in [1.165, 1.54) is 16.7 Å². The minimum absolute atomic E-state index is 0.210. The van der Waals surface area contributed by atoms with Crippen LogP contribution in [0.25, 0.3) is 0 Å². The van der Waals surface area contributed by atoms with Crippen molar-refractivity contribution in [3.63, 3.8) is 0 Å². The van der Waals surface area contributed by atoms with Crippen LogP contribution >= 0.6 is 0 Å². The van der Waals surface area contributed by atoms with E-state index in [4.69, 9.17) is 16.3 Å². The summed E-state index contributed by atoms with van der Waals surface area (Å²) in [4.78, 5) is 15.0. The molecular weight excluding hydrogens is 488 g/mol. The summed E-state index contributed by atoms with van der Waals surface area (Å²) in [5, 5.41) is 11.8. The van der Waals surface area contributed by atoms with Crippen LogP contribution in [0.1, 0.15) is 94.5 Å². The molecule has 7 nitrogen and oxygen atoms in total. The second-order valence-electron chi connectivity index (χ2n) is 12.4. The van der Waals surface area contributed by atoms with Gasteiger partial charge in [0.05, 0.1) is 5.41 Å². The molecule has 2 aromatic rings. The van der Waals surface area contributed by atoms with Gasteiger partial charge in [-0.1, -0.05) is 49.7 Å². The average molecular weight is 535 g/mol. The number of aryl methyl sites for hydroxylation is 1. The van der Waals surface area contributed by atoms with Crippen molar-refractivity contribution in [3.8, 4) is 5.75 Å². The van der Waals surface area contributed by atoms with Gasteiger partial charge in [0.2, 0.25) is 0 Å². The summed E-state index contributed by atoms with van der Waals surface area (Å²) in [7, 11) is 0. The molecule has 0 saturated carbocycles. The maximum atomic E-state index is 12.4. The maximum Gasteiger partial charge on any atom is 0.309 e. The molecule has 2 unspecified atom stereocenters. The summed E-state index contributed by atoms with van der Waals surface area (Å²) in [5.74, 6) is 6.19. The number of carboxylic acid groups (broad SMARTS) is 1. The molecule has 2 aromatic carbocycles. The summed E-state index contributed by atoms with van der Waals surface area (Å²) in [6.07, 6.45) is 6.17. The second-order valence-corrected chi connectivity index (χ2v) is 12.4. The molecule has 212 valence electrons.